The summed E-state index contributed by atoms with van der Waals surface area (Å²) < 4.78 is 0. The molecule has 0 atom stereocenters. The molecule has 132 valence electrons. The van der Waals surface area contributed by atoms with Gasteiger partial charge in [0.25, 0.3) is 0 Å². The molecule has 2 heterocycles. The molecule has 30 heavy (non-hydrogen) atoms. The number of benzene rings is 2. The van der Waals surface area contributed by atoms with E-state index >= 15 is 0 Å². The summed E-state index contributed by atoms with van der Waals surface area (Å²) in [7, 11) is 0. The van der Waals surface area contributed by atoms with Gasteiger partial charge in [0.2, 0.25) is 0 Å². The van der Waals surface area contributed by atoms with Crippen molar-refractivity contribution in [1.82, 2.24) is 19.9 Å². The molecule has 10 nitrogen and oxygen atoms in total. The molecule has 0 aliphatic heterocycles. The highest BCUT2D eigenvalue weighted by Crippen LogP contribution is 2.40. The Morgan fingerprint density at radius 1 is 0.600 bits per heavy atom. The Morgan fingerprint density at radius 2 is 1.03 bits per heavy atom. The Kier molecular flexibility index (Phi) is 3.83. The SMILES string of the molecule is [C-]#[N+]c1cc2c(cc1[N+]#[C-])c1nc([N+]#[C-])c(C#N)nc1c1nc(C#N)c(C#N)nc21. The van der Waals surface area contributed by atoms with Gasteiger partial charge >= 0.3 is 5.82 Å². The molecule has 0 saturated carbocycles. The van der Waals surface area contributed by atoms with Gasteiger partial charge in [0.1, 0.15) is 29.2 Å². The highest BCUT2D eigenvalue weighted by Gasteiger charge is 2.22. The van der Waals surface area contributed by atoms with Crippen LogP contribution in [0, 0.1) is 53.7 Å². The first-order valence-corrected chi connectivity index (χ1v) is 7.96. The van der Waals surface area contributed by atoms with Gasteiger partial charge in [-0.1, -0.05) is 18.7 Å². The third-order valence-electron chi connectivity index (χ3n) is 4.29. The lowest BCUT2D eigenvalue weighted by molar-refractivity contribution is 1.20. The lowest BCUT2D eigenvalue weighted by atomic mass is 10.0. The summed E-state index contributed by atoms with van der Waals surface area (Å²) in [6, 6.07) is 8.27. The van der Waals surface area contributed by atoms with Gasteiger partial charge in [-0.05, 0) is 0 Å². The number of hydrogen-bond acceptors (Lipinski definition) is 7. The number of nitrogens with zero attached hydrogens (tertiary/aromatic N) is 10. The van der Waals surface area contributed by atoms with E-state index in [-0.39, 0.29) is 56.3 Å². The number of nitriles is 3. The molecule has 0 aliphatic carbocycles. The van der Waals surface area contributed by atoms with Gasteiger partial charge in [-0.15, -0.1) is 4.98 Å². The predicted octanol–water partition coefficient (Wildman–Crippen LogP) is 3.99. The van der Waals surface area contributed by atoms with Crippen LogP contribution in [0.3, 0.4) is 0 Å². The molecule has 0 radical (unpaired) electrons. The molecule has 0 unspecified atom stereocenters. The van der Waals surface area contributed by atoms with E-state index in [1.165, 1.54) is 12.1 Å². The van der Waals surface area contributed by atoms with Gasteiger partial charge in [-0.2, -0.15) is 15.8 Å². The van der Waals surface area contributed by atoms with Crippen molar-refractivity contribution in [3.63, 3.8) is 0 Å². The third-order valence-corrected chi connectivity index (χ3v) is 4.29. The van der Waals surface area contributed by atoms with Crippen LogP contribution in [0.1, 0.15) is 17.1 Å². The van der Waals surface area contributed by atoms with Crippen molar-refractivity contribution in [3.8, 4) is 18.2 Å². The first-order chi connectivity index (χ1) is 14.6. The van der Waals surface area contributed by atoms with Gasteiger partial charge in [0.05, 0.1) is 18.7 Å². The summed E-state index contributed by atoms with van der Waals surface area (Å²) in [5.41, 5.74) is -0.00734. The minimum atomic E-state index is -0.233. The molecule has 0 bridgehead atoms. The van der Waals surface area contributed by atoms with E-state index in [1.54, 1.807) is 12.1 Å². The molecular formula is C20H2N10. The van der Waals surface area contributed by atoms with Crippen LogP contribution >= 0.6 is 0 Å². The maximum Gasteiger partial charge on any atom is 0.307 e. The zero-order valence-corrected chi connectivity index (χ0v) is 14.6. The molecule has 2 aromatic heterocycles. The van der Waals surface area contributed by atoms with Crippen LogP contribution in [0.4, 0.5) is 17.2 Å². The van der Waals surface area contributed by atoms with Gasteiger partial charge in [-0.25, -0.2) is 15.0 Å². The van der Waals surface area contributed by atoms with Crippen molar-refractivity contribution in [2.75, 3.05) is 0 Å². The van der Waals surface area contributed by atoms with Gasteiger partial charge in [-0.3, -0.25) is 9.69 Å². The average Bonchev–Trinajstić information content (AvgIpc) is 2.81. The molecule has 2 aromatic carbocycles. The Labute approximate surface area is 168 Å². The summed E-state index contributed by atoms with van der Waals surface area (Å²) in [5.74, 6) is -0.230. The van der Waals surface area contributed by atoms with Crippen LogP contribution in [-0.4, -0.2) is 19.9 Å². The van der Waals surface area contributed by atoms with Crippen molar-refractivity contribution in [2.45, 2.75) is 0 Å². The molecule has 0 amide bonds. The van der Waals surface area contributed by atoms with Crippen LogP contribution in [-0.2, 0) is 0 Å². The van der Waals surface area contributed by atoms with E-state index in [2.05, 4.69) is 34.5 Å². The zero-order valence-electron chi connectivity index (χ0n) is 14.6. The highest BCUT2D eigenvalue weighted by molar-refractivity contribution is 6.22. The van der Waals surface area contributed by atoms with Gasteiger partial charge in [0, 0.05) is 10.8 Å². The van der Waals surface area contributed by atoms with Crippen molar-refractivity contribution < 1.29 is 0 Å². The molecule has 10 heteroatoms. The van der Waals surface area contributed by atoms with E-state index in [1.807, 2.05) is 6.07 Å². The molecule has 4 rings (SSSR count). The lowest BCUT2D eigenvalue weighted by Crippen LogP contribution is -2.00. The first kappa shape index (κ1) is 17.7. The molecule has 0 aliphatic rings. The van der Waals surface area contributed by atoms with E-state index in [9.17, 15) is 15.8 Å². The van der Waals surface area contributed by atoms with Gasteiger partial charge < -0.3 is 4.85 Å². The Bertz CT molecular complexity index is 1350. The second kappa shape index (κ2) is 6.49. The fourth-order valence-corrected chi connectivity index (χ4v) is 3.02. The van der Waals surface area contributed by atoms with E-state index in [0.29, 0.717) is 10.8 Å². The number of aromatic nitrogens is 4. The first-order valence-electron chi connectivity index (χ1n) is 7.96. The molecule has 4 aromatic rings. The van der Waals surface area contributed by atoms with Crippen molar-refractivity contribution in [3.05, 3.63) is 63.5 Å². The van der Waals surface area contributed by atoms with Crippen LogP contribution in [0.25, 0.3) is 47.4 Å². The quantitative estimate of drug-likeness (QED) is 0.331. The maximum absolute atomic E-state index is 9.33. The smallest absolute Gasteiger partial charge is 0.307 e. The standard InChI is InChI=1S/C20H2N10/c1-24-11-4-9-10(5-12(11)25-2)17-19(29-15(8-23)20(26-3)30-17)18-16(9)27-13(6-21)14(7-22)28-18/h4-5H. The fraction of sp³-hybridized carbons (Fsp3) is 0. The van der Waals surface area contributed by atoms with Crippen molar-refractivity contribution in [1.29, 1.82) is 15.8 Å². The number of hydrogen-bond donors (Lipinski definition) is 0. The summed E-state index contributed by atoms with van der Waals surface area (Å²) in [4.78, 5) is 26.8. The lowest BCUT2D eigenvalue weighted by Gasteiger charge is -2.09. The van der Waals surface area contributed by atoms with E-state index < -0.39 is 0 Å². The second-order valence-corrected chi connectivity index (χ2v) is 5.77. The minimum absolute atomic E-state index is 0.0647. The van der Waals surface area contributed by atoms with Crippen LogP contribution in [0.2, 0.25) is 0 Å². The number of rotatable bonds is 0. The summed E-state index contributed by atoms with van der Waals surface area (Å²) in [6.45, 7) is 21.9. The Balaban J connectivity index is 2.42. The predicted molar refractivity (Wildman–Crippen MR) is 103 cm³/mol. The largest absolute Gasteiger partial charge is 0.358 e. The number of fused-ring (bicyclic) bond motifs is 6. The molecule has 0 saturated heterocycles. The Morgan fingerprint density at radius 3 is 1.47 bits per heavy atom. The van der Waals surface area contributed by atoms with Crippen molar-refractivity contribution >= 4 is 50.0 Å². The third kappa shape index (κ3) is 2.31. The fourth-order valence-electron chi connectivity index (χ4n) is 3.02. The summed E-state index contributed by atoms with van der Waals surface area (Å²) >= 11 is 0. The van der Waals surface area contributed by atoms with Crippen LogP contribution in [0.5, 0.6) is 0 Å². The molecule has 0 spiro atoms. The molecule has 0 N–H and O–H groups in total. The molecule has 0 fully saturated rings. The van der Waals surface area contributed by atoms with Crippen molar-refractivity contribution in [2.24, 2.45) is 0 Å². The summed E-state index contributed by atoms with van der Waals surface area (Å²) in [6.07, 6.45) is 0. The summed E-state index contributed by atoms with van der Waals surface area (Å²) in [5, 5.41) is 28.7. The monoisotopic (exact) mass is 382 g/mol. The average molecular weight is 382 g/mol. The maximum atomic E-state index is 9.33. The second-order valence-electron chi connectivity index (χ2n) is 5.77. The van der Waals surface area contributed by atoms with E-state index in [4.69, 9.17) is 19.7 Å². The van der Waals surface area contributed by atoms with Crippen LogP contribution in [0.15, 0.2) is 12.1 Å². The van der Waals surface area contributed by atoms with Gasteiger partial charge in [0.15, 0.2) is 34.0 Å². The Hall–Kier alpha value is -5.68. The normalized spacial score (nSPS) is 9.80. The highest BCUT2D eigenvalue weighted by atomic mass is 15.0. The zero-order chi connectivity index (χ0) is 21.4. The minimum Gasteiger partial charge on any atom is -0.358 e. The topological polar surface area (TPSA) is 136 Å². The molecular weight excluding hydrogens is 380 g/mol. The van der Waals surface area contributed by atoms with Crippen LogP contribution < -0.4 is 0 Å². The van der Waals surface area contributed by atoms with E-state index in [0.717, 1.165) is 0 Å².